The number of allylic oxidation sites excluding steroid dienone is 1. The third kappa shape index (κ3) is 3.82. The summed E-state index contributed by atoms with van der Waals surface area (Å²) in [4.78, 5) is 17.3. The molecule has 1 aliphatic rings. The van der Waals surface area contributed by atoms with Gasteiger partial charge >= 0.3 is 5.97 Å². The molecular weight excluding hydrogens is 399 g/mol. The van der Waals surface area contributed by atoms with Crippen LogP contribution in [0.4, 0.5) is 5.69 Å². The van der Waals surface area contributed by atoms with Crippen LogP contribution >= 0.6 is 23.2 Å². The van der Waals surface area contributed by atoms with Crippen LogP contribution in [0, 0.1) is 0 Å². The minimum absolute atomic E-state index is 0.0903. The van der Waals surface area contributed by atoms with Crippen molar-refractivity contribution >= 4 is 34.9 Å². The predicted octanol–water partition coefficient (Wildman–Crippen LogP) is 5.57. The van der Waals surface area contributed by atoms with E-state index in [2.05, 4.69) is 10.3 Å². The van der Waals surface area contributed by atoms with Gasteiger partial charge in [0.1, 0.15) is 0 Å². The smallest absolute Gasteiger partial charge is 0.336 e. The Morgan fingerprint density at radius 1 is 1.29 bits per heavy atom. The fourth-order valence-electron chi connectivity index (χ4n) is 3.32. The number of rotatable bonds is 5. The number of halogens is 2. The maximum absolute atomic E-state index is 12.9. The van der Waals surface area contributed by atoms with Crippen molar-refractivity contribution in [3.63, 3.8) is 0 Å². The maximum atomic E-state index is 12.9. The summed E-state index contributed by atoms with van der Waals surface area (Å²) in [5.74, 6) is -0.502. The summed E-state index contributed by atoms with van der Waals surface area (Å²) in [6, 6.07) is 7.22. The molecule has 0 saturated carbocycles. The third-order valence-corrected chi connectivity index (χ3v) is 5.23. The summed E-state index contributed by atoms with van der Waals surface area (Å²) in [6.45, 7) is 7.72. The second kappa shape index (κ2) is 8.41. The van der Waals surface area contributed by atoms with E-state index < -0.39 is 11.9 Å². The van der Waals surface area contributed by atoms with Crippen molar-refractivity contribution in [3.8, 4) is 5.88 Å². The SMILES string of the molecule is CCOC(=O)C1=C(C)Nc2ccnc(OC(C)C)c2C1c1cccc(Cl)c1Cl. The number of carbonyl (C=O) groups excluding carboxylic acids is 1. The molecule has 0 aliphatic carbocycles. The minimum atomic E-state index is -0.524. The van der Waals surface area contributed by atoms with Gasteiger partial charge in [-0.05, 0) is 45.4 Å². The van der Waals surface area contributed by atoms with Gasteiger partial charge in [0.15, 0.2) is 0 Å². The Hall–Kier alpha value is -2.24. The second-order valence-corrected chi connectivity index (χ2v) is 7.49. The average Bonchev–Trinajstić information content (AvgIpc) is 2.63. The highest BCUT2D eigenvalue weighted by molar-refractivity contribution is 6.42. The summed E-state index contributed by atoms with van der Waals surface area (Å²) in [6.07, 6.45) is 1.58. The van der Waals surface area contributed by atoms with Crippen LogP contribution in [0.5, 0.6) is 5.88 Å². The summed E-state index contributed by atoms with van der Waals surface area (Å²) >= 11 is 12.8. The number of esters is 1. The molecule has 2 aromatic rings. The molecule has 1 atom stereocenters. The van der Waals surface area contributed by atoms with E-state index in [1.165, 1.54) is 0 Å². The van der Waals surface area contributed by atoms with Gasteiger partial charge in [-0.15, -0.1) is 0 Å². The zero-order valence-corrected chi connectivity index (χ0v) is 17.7. The van der Waals surface area contributed by atoms with Crippen molar-refractivity contribution in [2.24, 2.45) is 0 Å². The zero-order chi connectivity index (χ0) is 20.4. The van der Waals surface area contributed by atoms with Crippen LogP contribution in [0.1, 0.15) is 44.7 Å². The van der Waals surface area contributed by atoms with Crippen LogP contribution in [0.3, 0.4) is 0 Å². The van der Waals surface area contributed by atoms with Crippen molar-refractivity contribution in [1.29, 1.82) is 0 Å². The zero-order valence-electron chi connectivity index (χ0n) is 16.2. The van der Waals surface area contributed by atoms with Crippen LogP contribution in [-0.4, -0.2) is 23.7 Å². The first kappa shape index (κ1) is 20.5. The van der Waals surface area contributed by atoms with Crippen molar-refractivity contribution in [1.82, 2.24) is 4.98 Å². The molecule has 0 fully saturated rings. The molecule has 2 heterocycles. The minimum Gasteiger partial charge on any atom is -0.475 e. The van der Waals surface area contributed by atoms with Gasteiger partial charge in [0.2, 0.25) is 5.88 Å². The topological polar surface area (TPSA) is 60.5 Å². The number of carbonyl (C=O) groups is 1. The molecule has 1 unspecified atom stereocenters. The van der Waals surface area contributed by atoms with E-state index in [4.69, 9.17) is 32.7 Å². The van der Waals surface area contributed by atoms with Gasteiger partial charge in [0, 0.05) is 17.6 Å². The Labute approximate surface area is 174 Å². The molecule has 148 valence electrons. The van der Waals surface area contributed by atoms with Gasteiger partial charge < -0.3 is 14.8 Å². The molecule has 1 N–H and O–H groups in total. The van der Waals surface area contributed by atoms with E-state index in [-0.39, 0.29) is 12.7 Å². The van der Waals surface area contributed by atoms with E-state index in [9.17, 15) is 4.79 Å². The first-order valence-electron chi connectivity index (χ1n) is 9.09. The van der Waals surface area contributed by atoms with E-state index in [1.54, 1.807) is 19.2 Å². The highest BCUT2D eigenvalue weighted by Gasteiger charge is 2.37. The lowest BCUT2D eigenvalue weighted by Crippen LogP contribution is -2.26. The normalized spacial score (nSPS) is 15.9. The Bertz CT molecular complexity index is 941. The number of benzene rings is 1. The number of nitrogens with zero attached hydrogens (tertiary/aromatic N) is 1. The van der Waals surface area contributed by atoms with Crippen LogP contribution in [0.2, 0.25) is 10.0 Å². The lowest BCUT2D eigenvalue weighted by molar-refractivity contribution is -0.138. The molecule has 5 nitrogen and oxygen atoms in total. The highest BCUT2D eigenvalue weighted by Crippen LogP contribution is 2.48. The monoisotopic (exact) mass is 420 g/mol. The van der Waals surface area contributed by atoms with Crippen LogP contribution in [-0.2, 0) is 9.53 Å². The number of pyridine rings is 1. The molecule has 3 rings (SSSR count). The van der Waals surface area contributed by atoms with Crippen LogP contribution in [0.15, 0.2) is 41.7 Å². The number of nitrogens with one attached hydrogen (secondary N) is 1. The summed E-state index contributed by atoms with van der Waals surface area (Å²) in [5.41, 5.74) is 3.38. The van der Waals surface area contributed by atoms with E-state index in [1.807, 2.05) is 39.0 Å². The number of hydrogen-bond acceptors (Lipinski definition) is 5. The molecule has 0 bridgehead atoms. The van der Waals surface area contributed by atoms with Gasteiger partial charge in [0.05, 0.1) is 39.8 Å². The Morgan fingerprint density at radius 3 is 2.71 bits per heavy atom. The quantitative estimate of drug-likeness (QED) is 0.640. The van der Waals surface area contributed by atoms with Crippen molar-refractivity contribution in [3.05, 3.63) is 62.9 Å². The lowest BCUT2D eigenvalue weighted by atomic mass is 9.81. The van der Waals surface area contributed by atoms with E-state index >= 15 is 0 Å². The molecule has 1 aromatic carbocycles. The number of hydrogen-bond donors (Lipinski definition) is 1. The molecule has 7 heteroatoms. The molecule has 0 radical (unpaired) electrons. The van der Waals surface area contributed by atoms with E-state index in [0.717, 1.165) is 11.3 Å². The Kier molecular flexibility index (Phi) is 6.16. The largest absolute Gasteiger partial charge is 0.475 e. The first-order chi connectivity index (χ1) is 13.3. The predicted molar refractivity (Wildman–Crippen MR) is 111 cm³/mol. The highest BCUT2D eigenvalue weighted by atomic mass is 35.5. The first-order valence-corrected chi connectivity index (χ1v) is 9.85. The average molecular weight is 421 g/mol. The van der Waals surface area contributed by atoms with Crippen molar-refractivity contribution in [2.45, 2.75) is 39.7 Å². The van der Waals surface area contributed by atoms with E-state index in [0.29, 0.717) is 32.8 Å². The summed E-state index contributed by atoms with van der Waals surface area (Å²) < 4.78 is 11.3. The molecule has 1 aliphatic heterocycles. The molecule has 0 saturated heterocycles. The molecule has 0 spiro atoms. The van der Waals surface area contributed by atoms with Gasteiger partial charge in [-0.3, -0.25) is 0 Å². The summed E-state index contributed by atoms with van der Waals surface area (Å²) in [5, 5.41) is 4.08. The Balaban J connectivity index is 2.29. The molecule has 28 heavy (non-hydrogen) atoms. The number of fused-ring (bicyclic) bond motifs is 1. The number of aromatic nitrogens is 1. The van der Waals surface area contributed by atoms with Gasteiger partial charge in [0.25, 0.3) is 0 Å². The van der Waals surface area contributed by atoms with Crippen LogP contribution in [0.25, 0.3) is 0 Å². The molecule has 1 aromatic heterocycles. The van der Waals surface area contributed by atoms with Crippen molar-refractivity contribution in [2.75, 3.05) is 11.9 Å². The standard InChI is InChI=1S/C21H22Cl2N2O3/c1-5-27-21(26)16-12(4)25-15-9-10-24-20(28-11(2)3)18(15)17(16)13-7-6-8-14(22)19(13)23/h6-11,17,25H,5H2,1-4H3. The fourth-order valence-corrected chi connectivity index (χ4v) is 3.74. The van der Waals surface area contributed by atoms with Crippen molar-refractivity contribution < 1.29 is 14.3 Å². The number of ether oxygens (including phenoxy) is 2. The van der Waals surface area contributed by atoms with Gasteiger partial charge in [-0.25, -0.2) is 9.78 Å². The summed E-state index contributed by atoms with van der Waals surface area (Å²) in [7, 11) is 0. The number of anilines is 1. The van der Waals surface area contributed by atoms with Gasteiger partial charge in [-0.1, -0.05) is 35.3 Å². The van der Waals surface area contributed by atoms with Crippen LogP contribution < -0.4 is 10.1 Å². The second-order valence-electron chi connectivity index (χ2n) is 6.70. The fraction of sp³-hybridized carbons (Fsp3) is 0.333. The molecular formula is C21H22Cl2N2O3. The Morgan fingerprint density at radius 2 is 2.04 bits per heavy atom. The molecule has 0 amide bonds. The maximum Gasteiger partial charge on any atom is 0.336 e. The van der Waals surface area contributed by atoms with Gasteiger partial charge in [-0.2, -0.15) is 0 Å². The third-order valence-electron chi connectivity index (χ3n) is 4.39. The lowest BCUT2D eigenvalue weighted by Gasteiger charge is -2.31.